The minimum atomic E-state index is -1.14. The Morgan fingerprint density at radius 3 is 2.29 bits per heavy atom. The molecule has 21 heavy (non-hydrogen) atoms. The Hall–Kier alpha value is -1.52. The van der Waals surface area contributed by atoms with Gasteiger partial charge in [0.1, 0.15) is 5.82 Å². The van der Waals surface area contributed by atoms with Crippen molar-refractivity contribution in [3.63, 3.8) is 0 Å². The van der Waals surface area contributed by atoms with E-state index >= 15 is 0 Å². The molecule has 1 atom stereocenters. The third-order valence-electron chi connectivity index (χ3n) is 2.98. The van der Waals surface area contributed by atoms with Crippen LogP contribution in [0.2, 0.25) is 5.02 Å². The maximum absolute atomic E-state index is 12.8. The highest BCUT2D eigenvalue weighted by molar-refractivity contribution is 7.85. The Bertz CT molecular complexity index is 581. The molecule has 0 aliphatic rings. The lowest BCUT2D eigenvalue weighted by Crippen LogP contribution is -2.04. The van der Waals surface area contributed by atoms with Crippen LogP contribution in [0, 0.1) is 5.82 Å². The first-order chi connectivity index (χ1) is 10.1. The van der Waals surface area contributed by atoms with Crippen molar-refractivity contribution in [3.8, 4) is 0 Å². The van der Waals surface area contributed by atoms with E-state index in [2.05, 4.69) is 0 Å². The van der Waals surface area contributed by atoms with Gasteiger partial charge in [0.2, 0.25) is 0 Å². The largest absolute Gasteiger partial charge is 0.294 e. The summed E-state index contributed by atoms with van der Waals surface area (Å²) in [6.45, 7) is 0. The molecule has 0 saturated carbocycles. The molecule has 1 unspecified atom stereocenters. The second-order valence-corrected chi connectivity index (χ2v) is 6.54. The maximum Gasteiger partial charge on any atom is 0.162 e. The fraction of sp³-hybridized carbons (Fsp3) is 0.188. The summed E-state index contributed by atoms with van der Waals surface area (Å²) in [5, 5.41) is 0.599. The number of halogens is 2. The van der Waals surface area contributed by atoms with Crippen molar-refractivity contribution in [1.82, 2.24) is 0 Å². The van der Waals surface area contributed by atoms with Gasteiger partial charge in [-0.15, -0.1) is 0 Å². The minimum Gasteiger partial charge on any atom is -0.294 e. The van der Waals surface area contributed by atoms with Gasteiger partial charge in [-0.2, -0.15) is 0 Å². The van der Waals surface area contributed by atoms with Crippen molar-refractivity contribution in [1.29, 1.82) is 0 Å². The highest BCUT2D eigenvalue weighted by Crippen LogP contribution is 2.14. The molecule has 0 N–H and O–H groups in total. The standard InChI is InChI=1S/C16H14ClFO2S/c17-13-5-9-15(10-6-13)21(20)11-1-2-16(19)12-3-7-14(18)8-4-12/h3-10H,1-2,11H2. The van der Waals surface area contributed by atoms with Crippen LogP contribution in [0.25, 0.3) is 0 Å². The van der Waals surface area contributed by atoms with E-state index in [1.165, 1.54) is 24.3 Å². The summed E-state index contributed by atoms with van der Waals surface area (Å²) < 4.78 is 24.8. The fourth-order valence-electron chi connectivity index (χ4n) is 1.85. The van der Waals surface area contributed by atoms with Crippen LogP contribution in [-0.4, -0.2) is 15.7 Å². The summed E-state index contributed by atoms with van der Waals surface area (Å²) in [7, 11) is -1.14. The Morgan fingerprint density at radius 2 is 1.67 bits per heavy atom. The van der Waals surface area contributed by atoms with Gasteiger partial charge in [-0.1, -0.05) is 11.6 Å². The first kappa shape index (κ1) is 15.9. The average molecular weight is 325 g/mol. The van der Waals surface area contributed by atoms with Crippen LogP contribution in [-0.2, 0) is 10.8 Å². The summed E-state index contributed by atoms with van der Waals surface area (Å²) in [6, 6.07) is 12.3. The van der Waals surface area contributed by atoms with Crippen molar-refractivity contribution in [2.75, 3.05) is 5.75 Å². The zero-order valence-corrected chi connectivity index (χ0v) is 12.8. The molecule has 0 aliphatic carbocycles. The summed E-state index contributed by atoms with van der Waals surface area (Å²) in [6.07, 6.45) is 0.816. The topological polar surface area (TPSA) is 34.1 Å². The van der Waals surface area contributed by atoms with Gasteiger partial charge in [0.05, 0.1) is 10.8 Å². The highest BCUT2D eigenvalue weighted by atomic mass is 35.5. The molecule has 0 aromatic heterocycles. The molecular formula is C16H14ClFO2S. The lowest BCUT2D eigenvalue weighted by molar-refractivity contribution is 0.0982. The van der Waals surface area contributed by atoms with E-state index in [4.69, 9.17) is 11.6 Å². The van der Waals surface area contributed by atoms with Gasteiger partial charge in [-0.3, -0.25) is 9.00 Å². The van der Waals surface area contributed by atoms with Crippen LogP contribution in [0.4, 0.5) is 4.39 Å². The normalized spacial score (nSPS) is 12.1. The van der Waals surface area contributed by atoms with E-state index in [1.54, 1.807) is 24.3 Å². The molecule has 0 aliphatic heterocycles. The minimum absolute atomic E-state index is 0.0666. The summed E-state index contributed by atoms with van der Waals surface area (Å²) in [5.41, 5.74) is 0.480. The third-order valence-corrected chi connectivity index (χ3v) is 4.69. The predicted octanol–water partition coefficient (Wildman–Crippen LogP) is 4.25. The van der Waals surface area contributed by atoms with Crippen molar-refractivity contribution in [3.05, 3.63) is 64.9 Å². The van der Waals surface area contributed by atoms with Gasteiger partial charge in [0.25, 0.3) is 0 Å². The lowest BCUT2D eigenvalue weighted by atomic mass is 10.1. The molecule has 2 aromatic carbocycles. The fourth-order valence-corrected chi connectivity index (χ4v) is 3.06. The molecule has 2 nitrogen and oxygen atoms in total. The second-order valence-electron chi connectivity index (χ2n) is 4.54. The van der Waals surface area contributed by atoms with E-state index in [-0.39, 0.29) is 11.6 Å². The summed E-state index contributed by atoms with van der Waals surface area (Å²) in [4.78, 5) is 12.6. The van der Waals surface area contributed by atoms with Crippen LogP contribution >= 0.6 is 11.6 Å². The number of carbonyl (C=O) groups is 1. The van der Waals surface area contributed by atoms with E-state index in [0.717, 1.165) is 0 Å². The number of rotatable bonds is 6. The molecular weight excluding hydrogens is 311 g/mol. The number of ketones is 1. The van der Waals surface area contributed by atoms with Gasteiger partial charge in [0.15, 0.2) is 5.78 Å². The van der Waals surface area contributed by atoms with Gasteiger partial charge in [-0.05, 0) is 55.0 Å². The van der Waals surface area contributed by atoms with Crippen molar-refractivity contribution >= 4 is 28.2 Å². The monoisotopic (exact) mass is 324 g/mol. The van der Waals surface area contributed by atoms with Crippen LogP contribution < -0.4 is 0 Å². The van der Waals surface area contributed by atoms with Crippen LogP contribution in [0.3, 0.4) is 0 Å². The zero-order valence-electron chi connectivity index (χ0n) is 11.2. The summed E-state index contributed by atoms with van der Waals surface area (Å²) in [5.74, 6) is -0.0207. The van der Waals surface area contributed by atoms with E-state index in [0.29, 0.717) is 34.1 Å². The molecule has 110 valence electrons. The first-order valence-electron chi connectivity index (χ1n) is 6.49. The quantitative estimate of drug-likeness (QED) is 0.744. The molecule has 0 amide bonds. The number of benzene rings is 2. The van der Waals surface area contributed by atoms with E-state index < -0.39 is 10.8 Å². The predicted molar refractivity (Wildman–Crippen MR) is 82.7 cm³/mol. The van der Waals surface area contributed by atoms with Crippen molar-refractivity contribution in [2.45, 2.75) is 17.7 Å². The maximum atomic E-state index is 12.8. The molecule has 0 heterocycles. The third kappa shape index (κ3) is 4.76. The Balaban J connectivity index is 1.83. The molecule has 2 rings (SSSR count). The average Bonchev–Trinajstić information content (AvgIpc) is 2.48. The Morgan fingerprint density at radius 1 is 1.05 bits per heavy atom. The van der Waals surface area contributed by atoms with Gasteiger partial charge < -0.3 is 0 Å². The first-order valence-corrected chi connectivity index (χ1v) is 8.18. The number of Topliss-reactive ketones (excluding diaryl/α,β-unsaturated/α-hetero) is 1. The summed E-state index contributed by atoms with van der Waals surface area (Å²) >= 11 is 5.77. The van der Waals surface area contributed by atoms with Gasteiger partial charge in [-0.25, -0.2) is 4.39 Å². The van der Waals surface area contributed by atoms with Crippen LogP contribution in [0.15, 0.2) is 53.4 Å². The molecule has 0 fully saturated rings. The zero-order chi connectivity index (χ0) is 15.2. The van der Waals surface area contributed by atoms with Crippen LogP contribution in [0.5, 0.6) is 0 Å². The number of carbonyl (C=O) groups excluding carboxylic acids is 1. The van der Waals surface area contributed by atoms with E-state index in [1.807, 2.05) is 0 Å². The van der Waals surface area contributed by atoms with Crippen molar-refractivity contribution in [2.24, 2.45) is 0 Å². The molecule has 0 spiro atoms. The van der Waals surface area contributed by atoms with Crippen LogP contribution in [0.1, 0.15) is 23.2 Å². The smallest absolute Gasteiger partial charge is 0.162 e. The Labute approximate surface area is 130 Å². The molecule has 5 heteroatoms. The van der Waals surface area contributed by atoms with Crippen molar-refractivity contribution < 1.29 is 13.4 Å². The molecule has 2 aromatic rings. The Kier molecular flexibility index (Phi) is 5.65. The second kappa shape index (κ2) is 7.48. The number of hydrogen-bond acceptors (Lipinski definition) is 2. The molecule has 0 saturated heterocycles. The van der Waals surface area contributed by atoms with E-state index in [9.17, 15) is 13.4 Å². The molecule has 0 radical (unpaired) electrons. The molecule has 0 bridgehead atoms. The lowest BCUT2D eigenvalue weighted by Gasteiger charge is -2.03. The SMILES string of the molecule is O=C(CCCS(=O)c1ccc(Cl)cc1)c1ccc(F)cc1. The van der Waals surface area contributed by atoms with Gasteiger partial charge >= 0.3 is 0 Å². The number of hydrogen-bond donors (Lipinski definition) is 0. The highest BCUT2D eigenvalue weighted by Gasteiger charge is 2.08. The van der Waals surface area contributed by atoms with Gasteiger partial charge in [0, 0.05) is 27.7 Å².